The highest BCUT2D eigenvalue weighted by molar-refractivity contribution is 5.86. The molecule has 2 heterocycles. The highest BCUT2D eigenvalue weighted by Gasteiger charge is 2.44. The largest absolute Gasteiger partial charge is 0.379 e. The first-order chi connectivity index (χ1) is 12.1. The van der Waals surface area contributed by atoms with E-state index in [0.29, 0.717) is 18.9 Å². The monoisotopic (exact) mass is 350 g/mol. The Labute approximate surface area is 149 Å². The number of morpholine rings is 1. The SMILES string of the molecule is CC(C)c1noc(CCNC(=O)C2(N3CCOCC3)CCCCC2)n1. The zero-order chi connectivity index (χ0) is 17.7. The first-order valence-electron chi connectivity index (χ1n) is 9.55. The van der Waals surface area contributed by atoms with E-state index in [1.165, 1.54) is 6.42 Å². The van der Waals surface area contributed by atoms with Crippen molar-refractivity contribution in [1.29, 1.82) is 0 Å². The van der Waals surface area contributed by atoms with E-state index >= 15 is 0 Å². The van der Waals surface area contributed by atoms with Crippen LogP contribution in [-0.2, 0) is 16.0 Å². The number of rotatable bonds is 6. The van der Waals surface area contributed by atoms with Gasteiger partial charge in [0.2, 0.25) is 11.8 Å². The van der Waals surface area contributed by atoms with Crippen molar-refractivity contribution in [2.45, 2.75) is 63.8 Å². The fourth-order valence-corrected chi connectivity index (χ4v) is 3.87. The molecule has 1 amide bonds. The molecule has 7 heteroatoms. The van der Waals surface area contributed by atoms with E-state index in [0.717, 1.165) is 57.8 Å². The Hall–Kier alpha value is -1.47. The average molecular weight is 350 g/mol. The van der Waals surface area contributed by atoms with Gasteiger partial charge in [0.15, 0.2) is 5.82 Å². The minimum Gasteiger partial charge on any atom is -0.379 e. The number of carbonyl (C=O) groups is 1. The summed E-state index contributed by atoms with van der Waals surface area (Å²) in [5.41, 5.74) is -0.361. The van der Waals surface area contributed by atoms with Crippen LogP contribution in [0.25, 0.3) is 0 Å². The second-order valence-corrected chi connectivity index (χ2v) is 7.40. The first kappa shape index (κ1) is 18.3. The number of hydrogen-bond acceptors (Lipinski definition) is 6. The van der Waals surface area contributed by atoms with Gasteiger partial charge in [-0.3, -0.25) is 9.69 Å². The fraction of sp³-hybridized carbons (Fsp3) is 0.833. The van der Waals surface area contributed by atoms with Gasteiger partial charge in [-0.2, -0.15) is 4.98 Å². The van der Waals surface area contributed by atoms with Crippen molar-refractivity contribution in [2.24, 2.45) is 0 Å². The lowest BCUT2D eigenvalue weighted by atomic mass is 9.79. The average Bonchev–Trinajstić information content (AvgIpc) is 3.12. The van der Waals surface area contributed by atoms with Crippen LogP contribution in [0.1, 0.15) is 63.6 Å². The van der Waals surface area contributed by atoms with E-state index in [2.05, 4.69) is 20.4 Å². The Kier molecular flexibility index (Phi) is 6.06. The van der Waals surface area contributed by atoms with Crippen molar-refractivity contribution < 1.29 is 14.1 Å². The second-order valence-electron chi connectivity index (χ2n) is 7.40. The molecule has 7 nitrogen and oxygen atoms in total. The Morgan fingerprint density at radius 3 is 2.60 bits per heavy atom. The summed E-state index contributed by atoms with van der Waals surface area (Å²) in [4.78, 5) is 19.8. The highest BCUT2D eigenvalue weighted by atomic mass is 16.5. The molecular weight excluding hydrogens is 320 g/mol. The third-order valence-electron chi connectivity index (χ3n) is 5.34. The Balaban J connectivity index is 1.58. The number of aromatic nitrogens is 2. The molecule has 1 saturated carbocycles. The fourth-order valence-electron chi connectivity index (χ4n) is 3.87. The molecule has 1 aliphatic carbocycles. The summed E-state index contributed by atoms with van der Waals surface area (Å²) in [6.07, 6.45) is 5.91. The van der Waals surface area contributed by atoms with E-state index < -0.39 is 0 Å². The molecule has 3 rings (SSSR count). The molecule has 140 valence electrons. The minimum absolute atomic E-state index is 0.151. The minimum atomic E-state index is -0.361. The summed E-state index contributed by atoms with van der Waals surface area (Å²) in [5, 5.41) is 7.10. The molecule has 2 fully saturated rings. The topological polar surface area (TPSA) is 80.5 Å². The number of nitrogens with one attached hydrogen (secondary N) is 1. The van der Waals surface area contributed by atoms with Crippen LogP contribution in [0.5, 0.6) is 0 Å². The van der Waals surface area contributed by atoms with Crippen LogP contribution in [0.3, 0.4) is 0 Å². The van der Waals surface area contributed by atoms with Crippen LogP contribution in [0, 0.1) is 0 Å². The number of carbonyl (C=O) groups excluding carboxylic acids is 1. The zero-order valence-corrected chi connectivity index (χ0v) is 15.4. The van der Waals surface area contributed by atoms with E-state index in [1.807, 2.05) is 13.8 Å². The molecule has 0 bridgehead atoms. The Morgan fingerprint density at radius 2 is 1.96 bits per heavy atom. The Bertz CT molecular complexity index is 560. The molecule has 0 unspecified atom stereocenters. The number of nitrogens with zero attached hydrogens (tertiary/aromatic N) is 3. The van der Waals surface area contributed by atoms with Crippen LogP contribution in [0.15, 0.2) is 4.52 Å². The van der Waals surface area contributed by atoms with E-state index in [-0.39, 0.29) is 17.4 Å². The van der Waals surface area contributed by atoms with Gasteiger partial charge in [-0.1, -0.05) is 38.3 Å². The third kappa shape index (κ3) is 4.20. The molecular formula is C18H30N4O3. The summed E-state index contributed by atoms with van der Waals surface area (Å²) < 4.78 is 10.7. The number of amides is 1. The lowest BCUT2D eigenvalue weighted by Crippen LogP contribution is -2.62. The second kappa shape index (κ2) is 8.27. The molecule has 1 aromatic heterocycles. The van der Waals surface area contributed by atoms with Crippen molar-refractivity contribution in [1.82, 2.24) is 20.4 Å². The van der Waals surface area contributed by atoms with Gasteiger partial charge in [-0.15, -0.1) is 0 Å². The standard InChI is InChI=1S/C18H30N4O3/c1-14(2)16-20-15(25-21-16)6-9-19-17(23)18(7-4-3-5-8-18)22-10-12-24-13-11-22/h14H,3-13H2,1-2H3,(H,19,23). The highest BCUT2D eigenvalue weighted by Crippen LogP contribution is 2.34. The summed E-state index contributed by atoms with van der Waals surface area (Å²) in [5.74, 6) is 1.71. The molecule has 2 aliphatic rings. The molecule has 0 radical (unpaired) electrons. The summed E-state index contributed by atoms with van der Waals surface area (Å²) in [6.45, 7) is 7.72. The zero-order valence-electron chi connectivity index (χ0n) is 15.4. The lowest BCUT2D eigenvalue weighted by molar-refractivity contribution is -0.140. The van der Waals surface area contributed by atoms with E-state index in [9.17, 15) is 4.79 Å². The van der Waals surface area contributed by atoms with Crippen molar-refractivity contribution in [2.75, 3.05) is 32.8 Å². The van der Waals surface area contributed by atoms with Gasteiger partial charge >= 0.3 is 0 Å². The summed E-state index contributed by atoms with van der Waals surface area (Å²) in [6, 6.07) is 0. The molecule has 0 aromatic carbocycles. The predicted molar refractivity (Wildman–Crippen MR) is 93.3 cm³/mol. The van der Waals surface area contributed by atoms with Crippen LogP contribution >= 0.6 is 0 Å². The van der Waals surface area contributed by atoms with Crippen molar-refractivity contribution >= 4 is 5.91 Å². The Morgan fingerprint density at radius 1 is 1.24 bits per heavy atom. The van der Waals surface area contributed by atoms with Gasteiger partial charge in [-0.05, 0) is 12.8 Å². The molecule has 0 atom stereocenters. The van der Waals surface area contributed by atoms with Crippen LogP contribution in [-0.4, -0.2) is 59.3 Å². The predicted octanol–water partition coefficient (Wildman–Crippen LogP) is 1.89. The molecule has 1 saturated heterocycles. The molecule has 1 aromatic rings. The van der Waals surface area contributed by atoms with E-state index in [4.69, 9.17) is 9.26 Å². The molecule has 1 aliphatic heterocycles. The molecule has 0 spiro atoms. The molecule has 25 heavy (non-hydrogen) atoms. The van der Waals surface area contributed by atoms with Gasteiger partial charge in [-0.25, -0.2) is 0 Å². The third-order valence-corrected chi connectivity index (χ3v) is 5.34. The quantitative estimate of drug-likeness (QED) is 0.844. The maximum Gasteiger partial charge on any atom is 0.240 e. The van der Waals surface area contributed by atoms with Crippen molar-refractivity contribution in [3.05, 3.63) is 11.7 Å². The first-order valence-corrected chi connectivity index (χ1v) is 9.55. The summed E-state index contributed by atoms with van der Waals surface area (Å²) in [7, 11) is 0. The van der Waals surface area contributed by atoms with Crippen LogP contribution in [0.2, 0.25) is 0 Å². The van der Waals surface area contributed by atoms with Crippen LogP contribution < -0.4 is 5.32 Å². The lowest BCUT2D eigenvalue weighted by Gasteiger charge is -2.46. The summed E-state index contributed by atoms with van der Waals surface area (Å²) >= 11 is 0. The van der Waals surface area contributed by atoms with Gasteiger partial charge in [0.25, 0.3) is 0 Å². The van der Waals surface area contributed by atoms with Gasteiger partial charge < -0.3 is 14.6 Å². The number of ether oxygens (including phenoxy) is 1. The smallest absolute Gasteiger partial charge is 0.240 e. The maximum absolute atomic E-state index is 13.1. The van der Waals surface area contributed by atoms with Gasteiger partial charge in [0, 0.05) is 32.0 Å². The van der Waals surface area contributed by atoms with Gasteiger partial charge in [0.05, 0.1) is 13.2 Å². The molecule has 1 N–H and O–H groups in total. The van der Waals surface area contributed by atoms with E-state index in [1.54, 1.807) is 0 Å². The number of hydrogen-bond donors (Lipinski definition) is 1. The van der Waals surface area contributed by atoms with Crippen molar-refractivity contribution in [3.63, 3.8) is 0 Å². The van der Waals surface area contributed by atoms with Crippen LogP contribution in [0.4, 0.5) is 0 Å². The normalized spacial score (nSPS) is 21.4. The van der Waals surface area contributed by atoms with Gasteiger partial charge in [0.1, 0.15) is 5.54 Å². The van der Waals surface area contributed by atoms with Crippen molar-refractivity contribution in [3.8, 4) is 0 Å². The maximum atomic E-state index is 13.1.